The fraction of sp³-hybridized carbons (Fsp3) is 0.600. The first-order valence-corrected chi connectivity index (χ1v) is 5.12. The maximum absolute atomic E-state index is 5.49. The van der Waals surface area contributed by atoms with Crippen molar-refractivity contribution >= 4 is 11.6 Å². The number of aromatic nitrogens is 2. The van der Waals surface area contributed by atoms with Crippen molar-refractivity contribution in [3.63, 3.8) is 0 Å². The molecule has 1 aliphatic rings. The average molecular weight is 192 g/mol. The molecular formula is C10H16N4. The average Bonchev–Trinajstić information content (AvgIpc) is 2.67. The maximum Gasteiger partial charge on any atom is 0.147 e. The third kappa shape index (κ3) is 1.78. The molecule has 1 unspecified atom stereocenters. The third-order valence-corrected chi connectivity index (χ3v) is 2.85. The van der Waals surface area contributed by atoms with E-state index in [1.165, 1.54) is 12.8 Å². The summed E-state index contributed by atoms with van der Waals surface area (Å²) in [6.45, 7) is 4.44. The Morgan fingerprint density at radius 1 is 1.50 bits per heavy atom. The smallest absolute Gasteiger partial charge is 0.147 e. The highest BCUT2D eigenvalue weighted by Gasteiger charge is 2.21. The summed E-state index contributed by atoms with van der Waals surface area (Å²) in [5, 5.41) is 0. The van der Waals surface area contributed by atoms with Crippen LogP contribution < -0.4 is 10.6 Å². The molecule has 2 rings (SSSR count). The van der Waals surface area contributed by atoms with Gasteiger partial charge in [0, 0.05) is 13.1 Å². The van der Waals surface area contributed by atoms with Crippen molar-refractivity contribution in [3.8, 4) is 0 Å². The van der Waals surface area contributed by atoms with E-state index in [2.05, 4.69) is 21.8 Å². The van der Waals surface area contributed by atoms with Gasteiger partial charge < -0.3 is 10.6 Å². The summed E-state index contributed by atoms with van der Waals surface area (Å²) in [5.41, 5.74) is 5.49. The van der Waals surface area contributed by atoms with Crippen LogP contribution in [0.1, 0.15) is 19.8 Å². The summed E-state index contributed by atoms with van der Waals surface area (Å²) >= 11 is 0. The number of nitrogens with zero attached hydrogens (tertiary/aromatic N) is 3. The van der Waals surface area contributed by atoms with Gasteiger partial charge in [-0.2, -0.15) is 0 Å². The standard InChI is InChI=1S/C10H16N4/c1-2-8-3-4-14(7-8)10-6-12-9(11)5-13-10/h5-6,8H,2-4,7H2,1H3,(H2,11,12). The number of hydrogen-bond acceptors (Lipinski definition) is 4. The molecule has 1 saturated heterocycles. The fourth-order valence-electron chi connectivity index (χ4n) is 1.87. The van der Waals surface area contributed by atoms with Gasteiger partial charge in [0.25, 0.3) is 0 Å². The SMILES string of the molecule is CCC1CCN(c2cnc(N)cn2)C1. The van der Waals surface area contributed by atoms with Crippen LogP contribution in [0.5, 0.6) is 0 Å². The van der Waals surface area contributed by atoms with E-state index in [-0.39, 0.29) is 0 Å². The largest absolute Gasteiger partial charge is 0.382 e. The van der Waals surface area contributed by atoms with Gasteiger partial charge in [-0.1, -0.05) is 13.3 Å². The van der Waals surface area contributed by atoms with E-state index in [1.807, 2.05) is 0 Å². The van der Waals surface area contributed by atoms with Crippen LogP contribution >= 0.6 is 0 Å². The molecule has 0 aliphatic carbocycles. The molecule has 2 N–H and O–H groups in total. The predicted octanol–water partition coefficient (Wildman–Crippen LogP) is 1.30. The molecule has 0 amide bonds. The van der Waals surface area contributed by atoms with E-state index in [0.29, 0.717) is 5.82 Å². The van der Waals surface area contributed by atoms with Gasteiger partial charge in [0.2, 0.25) is 0 Å². The van der Waals surface area contributed by atoms with Gasteiger partial charge in [-0.3, -0.25) is 0 Å². The van der Waals surface area contributed by atoms with Crippen molar-refractivity contribution < 1.29 is 0 Å². The van der Waals surface area contributed by atoms with Crippen molar-refractivity contribution in [2.75, 3.05) is 23.7 Å². The summed E-state index contributed by atoms with van der Waals surface area (Å²) in [7, 11) is 0. The molecule has 0 bridgehead atoms. The second-order valence-electron chi connectivity index (χ2n) is 3.81. The zero-order chi connectivity index (χ0) is 9.97. The van der Waals surface area contributed by atoms with Crippen molar-refractivity contribution in [3.05, 3.63) is 12.4 Å². The number of rotatable bonds is 2. The quantitative estimate of drug-likeness (QED) is 0.767. The van der Waals surface area contributed by atoms with Crippen molar-refractivity contribution in [1.29, 1.82) is 0 Å². The summed E-state index contributed by atoms with van der Waals surface area (Å²) in [6.07, 6.45) is 5.89. The van der Waals surface area contributed by atoms with Gasteiger partial charge >= 0.3 is 0 Å². The first-order chi connectivity index (χ1) is 6.79. The molecule has 4 heteroatoms. The zero-order valence-corrected chi connectivity index (χ0v) is 8.48. The van der Waals surface area contributed by atoms with Crippen molar-refractivity contribution in [2.24, 2.45) is 5.92 Å². The van der Waals surface area contributed by atoms with E-state index in [4.69, 9.17) is 5.73 Å². The van der Waals surface area contributed by atoms with Gasteiger partial charge in [-0.15, -0.1) is 0 Å². The molecule has 14 heavy (non-hydrogen) atoms. The summed E-state index contributed by atoms with van der Waals surface area (Å²) in [4.78, 5) is 10.6. The molecule has 1 atom stereocenters. The van der Waals surface area contributed by atoms with Gasteiger partial charge in [0.05, 0.1) is 12.4 Å². The Kier molecular flexibility index (Phi) is 2.52. The lowest BCUT2D eigenvalue weighted by Gasteiger charge is -2.16. The van der Waals surface area contributed by atoms with E-state index < -0.39 is 0 Å². The number of nitrogen functional groups attached to an aromatic ring is 1. The first-order valence-electron chi connectivity index (χ1n) is 5.12. The van der Waals surface area contributed by atoms with Crippen LogP contribution in [0.25, 0.3) is 0 Å². The van der Waals surface area contributed by atoms with E-state index in [0.717, 1.165) is 24.8 Å². The predicted molar refractivity (Wildman–Crippen MR) is 57.1 cm³/mol. The van der Waals surface area contributed by atoms with E-state index in [1.54, 1.807) is 12.4 Å². The van der Waals surface area contributed by atoms with Gasteiger partial charge in [0.15, 0.2) is 0 Å². The first kappa shape index (κ1) is 9.24. The van der Waals surface area contributed by atoms with Crippen LogP contribution in [0.15, 0.2) is 12.4 Å². The molecule has 0 radical (unpaired) electrons. The van der Waals surface area contributed by atoms with Crippen LogP contribution in [0.4, 0.5) is 11.6 Å². The molecule has 1 aromatic heterocycles. The highest BCUT2D eigenvalue weighted by atomic mass is 15.2. The molecule has 76 valence electrons. The normalized spacial score (nSPS) is 21.5. The Morgan fingerprint density at radius 2 is 2.36 bits per heavy atom. The molecule has 2 heterocycles. The van der Waals surface area contributed by atoms with Crippen LogP contribution in [0.2, 0.25) is 0 Å². The Balaban J connectivity index is 2.06. The van der Waals surface area contributed by atoms with Gasteiger partial charge in [0.1, 0.15) is 11.6 Å². The third-order valence-electron chi connectivity index (χ3n) is 2.85. The Labute approximate surface area is 84.2 Å². The molecule has 0 aromatic carbocycles. The Hall–Kier alpha value is -1.32. The molecule has 0 saturated carbocycles. The van der Waals surface area contributed by atoms with Gasteiger partial charge in [-0.05, 0) is 12.3 Å². The minimum atomic E-state index is 0.486. The zero-order valence-electron chi connectivity index (χ0n) is 8.48. The molecule has 1 aromatic rings. The maximum atomic E-state index is 5.49. The van der Waals surface area contributed by atoms with Gasteiger partial charge in [-0.25, -0.2) is 9.97 Å². The van der Waals surface area contributed by atoms with E-state index >= 15 is 0 Å². The second kappa shape index (κ2) is 3.82. The van der Waals surface area contributed by atoms with Crippen LogP contribution in [0.3, 0.4) is 0 Å². The minimum Gasteiger partial charge on any atom is -0.382 e. The highest BCUT2D eigenvalue weighted by molar-refractivity contribution is 5.40. The molecule has 4 nitrogen and oxygen atoms in total. The lowest BCUT2D eigenvalue weighted by Crippen LogP contribution is -2.20. The van der Waals surface area contributed by atoms with Crippen LogP contribution in [-0.2, 0) is 0 Å². The minimum absolute atomic E-state index is 0.486. The summed E-state index contributed by atoms with van der Waals surface area (Å²) < 4.78 is 0. The molecule has 0 spiro atoms. The Bertz CT molecular complexity index is 295. The Morgan fingerprint density at radius 3 is 2.93 bits per heavy atom. The lowest BCUT2D eigenvalue weighted by atomic mass is 10.1. The number of hydrogen-bond donors (Lipinski definition) is 1. The second-order valence-corrected chi connectivity index (χ2v) is 3.81. The molecule has 1 aliphatic heterocycles. The fourth-order valence-corrected chi connectivity index (χ4v) is 1.87. The lowest BCUT2D eigenvalue weighted by molar-refractivity contribution is 0.568. The monoisotopic (exact) mass is 192 g/mol. The summed E-state index contributed by atoms with van der Waals surface area (Å²) in [6, 6.07) is 0. The van der Waals surface area contributed by atoms with Crippen molar-refractivity contribution in [2.45, 2.75) is 19.8 Å². The van der Waals surface area contributed by atoms with Crippen LogP contribution in [-0.4, -0.2) is 23.1 Å². The van der Waals surface area contributed by atoms with Crippen LogP contribution in [0, 0.1) is 5.92 Å². The van der Waals surface area contributed by atoms with Crippen molar-refractivity contribution in [1.82, 2.24) is 9.97 Å². The number of anilines is 2. The topological polar surface area (TPSA) is 55.0 Å². The number of nitrogens with two attached hydrogens (primary N) is 1. The summed E-state index contributed by atoms with van der Waals surface area (Å²) in [5.74, 6) is 2.25. The molecule has 1 fully saturated rings. The highest BCUT2D eigenvalue weighted by Crippen LogP contribution is 2.23. The van der Waals surface area contributed by atoms with E-state index in [9.17, 15) is 0 Å². The molecular weight excluding hydrogens is 176 g/mol.